The van der Waals surface area contributed by atoms with Gasteiger partial charge in [-0.15, -0.1) is 0 Å². The Hall–Kier alpha value is -1.14. The minimum atomic E-state index is -1.01. The molecule has 0 bridgehead atoms. The molecule has 0 radical (unpaired) electrons. The molecule has 6 heteroatoms. The smallest absolute Gasteiger partial charge is 0.317 e. The average molecular weight is 231 g/mol. The molecule has 1 heterocycles. The number of carboxylic acids is 2. The van der Waals surface area contributed by atoms with Crippen molar-refractivity contribution in [2.75, 3.05) is 26.3 Å². The molecule has 0 amide bonds. The standard InChI is InChI=1S/C10H17NO5/c1-7(8-2-3-16-6-8)11(4-9(12)13)5-10(14)15/h7-8H,2-6H2,1H3,(H,12,13)(H,14,15). The Morgan fingerprint density at radius 2 is 1.94 bits per heavy atom. The van der Waals surface area contributed by atoms with Gasteiger partial charge in [-0.05, 0) is 19.3 Å². The molecule has 2 N–H and O–H groups in total. The molecule has 2 unspecified atom stereocenters. The molecule has 6 nitrogen and oxygen atoms in total. The van der Waals surface area contributed by atoms with Crippen molar-refractivity contribution < 1.29 is 24.5 Å². The van der Waals surface area contributed by atoms with Gasteiger partial charge in [-0.1, -0.05) is 0 Å². The molecule has 0 aromatic heterocycles. The molecular weight excluding hydrogens is 214 g/mol. The highest BCUT2D eigenvalue weighted by atomic mass is 16.5. The second-order valence-electron chi connectivity index (χ2n) is 4.06. The molecule has 2 atom stereocenters. The zero-order chi connectivity index (χ0) is 12.1. The van der Waals surface area contributed by atoms with Crippen LogP contribution in [0.4, 0.5) is 0 Å². The van der Waals surface area contributed by atoms with Crippen LogP contribution in [0, 0.1) is 5.92 Å². The molecule has 0 aromatic rings. The van der Waals surface area contributed by atoms with E-state index in [2.05, 4.69) is 0 Å². The number of hydrogen-bond acceptors (Lipinski definition) is 4. The first-order valence-electron chi connectivity index (χ1n) is 5.26. The molecule has 0 spiro atoms. The molecule has 0 aromatic carbocycles. The van der Waals surface area contributed by atoms with Crippen molar-refractivity contribution in [3.8, 4) is 0 Å². The quantitative estimate of drug-likeness (QED) is 0.663. The molecule has 0 saturated carbocycles. The summed E-state index contributed by atoms with van der Waals surface area (Å²) < 4.78 is 5.22. The van der Waals surface area contributed by atoms with Gasteiger partial charge in [0.15, 0.2) is 0 Å². The van der Waals surface area contributed by atoms with E-state index in [1.54, 1.807) is 0 Å². The number of ether oxygens (including phenoxy) is 1. The average Bonchev–Trinajstić information content (AvgIpc) is 2.66. The van der Waals surface area contributed by atoms with Crippen LogP contribution in [0.5, 0.6) is 0 Å². The lowest BCUT2D eigenvalue weighted by molar-refractivity contribution is -0.143. The number of carboxylic acid groups (broad SMARTS) is 2. The lowest BCUT2D eigenvalue weighted by atomic mass is 9.99. The third-order valence-electron chi connectivity index (χ3n) is 2.90. The van der Waals surface area contributed by atoms with Crippen molar-refractivity contribution in [3.63, 3.8) is 0 Å². The Kier molecular flexibility index (Phi) is 4.70. The van der Waals surface area contributed by atoms with Crippen LogP contribution in [-0.4, -0.2) is 59.4 Å². The highest BCUT2D eigenvalue weighted by molar-refractivity contribution is 5.72. The second kappa shape index (κ2) is 5.81. The Balaban J connectivity index is 2.58. The molecule has 1 aliphatic heterocycles. The Labute approximate surface area is 93.8 Å². The number of rotatable bonds is 6. The highest BCUT2D eigenvalue weighted by Crippen LogP contribution is 2.20. The van der Waals surface area contributed by atoms with Gasteiger partial charge in [0, 0.05) is 12.6 Å². The predicted octanol–water partition coefficient (Wildman–Crippen LogP) is -0.117. The zero-order valence-corrected chi connectivity index (χ0v) is 9.26. The molecule has 92 valence electrons. The van der Waals surface area contributed by atoms with Crippen LogP contribution in [0.25, 0.3) is 0 Å². The van der Waals surface area contributed by atoms with Crippen molar-refractivity contribution in [3.05, 3.63) is 0 Å². The number of carbonyl (C=O) groups is 2. The maximum Gasteiger partial charge on any atom is 0.317 e. The van der Waals surface area contributed by atoms with E-state index in [-0.39, 0.29) is 25.0 Å². The van der Waals surface area contributed by atoms with Gasteiger partial charge >= 0.3 is 11.9 Å². The highest BCUT2D eigenvalue weighted by Gasteiger charge is 2.29. The monoisotopic (exact) mass is 231 g/mol. The molecular formula is C10H17NO5. The first kappa shape index (κ1) is 12.9. The van der Waals surface area contributed by atoms with Crippen molar-refractivity contribution in [1.82, 2.24) is 4.90 Å². The van der Waals surface area contributed by atoms with Gasteiger partial charge in [-0.3, -0.25) is 14.5 Å². The van der Waals surface area contributed by atoms with Crippen molar-refractivity contribution in [1.29, 1.82) is 0 Å². The van der Waals surface area contributed by atoms with Crippen molar-refractivity contribution in [2.24, 2.45) is 5.92 Å². The van der Waals surface area contributed by atoms with E-state index >= 15 is 0 Å². The van der Waals surface area contributed by atoms with Crippen LogP contribution < -0.4 is 0 Å². The molecule has 1 fully saturated rings. The molecule has 1 saturated heterocycles. The van der Waals surface area contributed by atoms with Crippen molar-refractivity contribution in [2.45, 2.75) is 19.4 Å². The molecule has 0 aliphatic carbocycles. The van der Waals surface area contributed by atoms with Crippen LogP contribution in [0.3, 0.4) is 0 Å². The summed E-state index contributed by atoms with van der Waals surface area (Å²) in [4.78, 5) is 22.8. The summed E-state index contributed by atoms with van der Waals surface area (Å²) in [5.74, 6) is -1.79. The molecule has 1 rings (SSSR count). The Morgan fingerprint density at radius 1 is 1.38 bits per heavy atom. The SMILES string of the molecule is CC(C1CCOC1)N(CC(=O)O)CC(=O)O. The lowest BCUT2D eigenvalue weighted by Gasteiger charge is -2.29. The lowest BCUT2D eigenvalue weighted by Crippen LogP contribution is -2.44. The van der Waals surface area contributed by atoms with Gasteiger partial charge in [0.25, 0.3) is 0 Å². The fraction of sp³-hybridized carbons (Fsp3) is 0.800. The van der Waals surface area contributed by atoms with E-state index in [0.717, 1.165) is 6.42 Å². The van der Waals surface area contributed by atoms with E-state index in [0.29, 0.717) is 13.2 Å². The van der Waals surface area contributed by atoms with Crippen LogP contribution in [0.15, 0.2) is 0 Å². The molecule has 16 heavy (non-hydrogen) atoms. The summed E-state index contributed by atoms with van der Waals surface area (Å²) in [6, 6.07) is -0.0882. The van der Waals surface area contributed by atoms with E-state index in [9.17, 15) is 9.59 Å². The first-order valence-corrected chi connectivity index (χ1v) is 5.26. The minimum absolute atomic E-state index is 0.0882. The van der Waals surface area contributed by atoms with E-state index in [1.807, 2.05) is 6.92 Å². The van der Waals surface area contributed by atoms with Crippen molar-refractivity contribution >= 4 is 11.9 Å². The minimum Gasteiger partial charge on any atom is -0.480 e. The van der Waals surface area contributed by atoms with Crippen LogP contribution in [0.2, 0.25) is 0 Å². The Bertz CT molecular complexity index is 246. The fourth-order valence-corrected chi connectivity index (χ4v) is 1.92. The summed E-state index contributed by atoms with van der Waals surface area (Å²) in [6.45, 7) is 2.61. The van der Waals surface area contributed by atoms with Gasteiger partial charge in [0.05, 0.1) is 19.7 Å². The summed E-state index contributed by atoms with van der Waals surface area (Å²) in [6.07, 6.45) is 0.858. The maximum atomic E-state index is 10.6. The van der Waals surface area contributed by atoms with E-state index < -0.39 is 11.9 Å². The second-order valence-corrected chi connectivity index (χ2v) is 4.06. The Morgan fingerprint density at radius 3 is 2.31 bits per heavy atom. The normalized spacial score (nSPS) is 22.2. The topological polar surface area (TPSA) is 87.1 Å². The van der Waals surface area contributed by atoms with Gasteiger partial charge in [-0.2, -0.15) is 0 Å². The third kappa shape index (κ3) is 3.79. The van der Waals surface area contributed by atoms with Crippen LogP contribution in [-0.2, 0) is 14.3 Å². The first-order chi connectivity index (χ1) is 7.50. The maximum absolute atomic E-state index is 10.6. The summed E-state index contributed by atoms with van der Waals surface area (Å²) in [7, 11) is 0. The summed E-state index contributed by atoms with van der Waals surface area (Å²) in [5, 5.41) is 17.4. The third-order valence-corrected chi connectivity index (χ3v) is 2.90. The fourth-order valence-electron chi connectivity index (χ4n) is 1.92. The number of hydrogen-bond donors (Lipinski definition) is 2. The zero-order valence-electron chi connectivity index (χ0n) is 9.26. The summed E-state index contributed by atoms with van der Waals surface area (Å²) in [5.41, 5.74) is 0. The predicted molar refractivity (Wildman–Crippen MR) is 55.2 cm³/mol. The van der Waals surface area contributed by atoms with E-state index in [1.165, 1.54) is 4.90 Å². The van der Waals surface area contributed by atoms with Gasteiger partial charge in [0.2, 0.25) is 0 Å². The van der Waals surface area contributed by atoms with E-state index in [4.69, 9.17) is 14.9 Å². The largest absolute Gasteiger partial charge is 0.480 e. The van der Waals surface area contributed by atoms with Gasteiger partial charge in [-0.25, -0.2) is 0 Å². The van der Waals surface area contributed by atoms with Gasteiger partial charge < -0.3 is 14.9 Å². The number of nitrogens with zero attached hydrogens (tertiary/aromatic N) is 1. The molecule has 1 aliphatic rings. The van der Waals surface area contributed by atoms with Crippen LogP contribution >= 0.6 is 0 Å². The van der Waals surface area contributed by atoms with Crippen LogP contribution in [0.1, 0.15) is 13.3 Å². The number of aliphatic carboxylic acids is 2. The van der Waals surface area contributed by atoms with Gasteiger partial charge in [0.1, 0.15) is 0 Å². The summed E-state index contributed by atoms with van der Waals surface area (Å²) >= 11 is 0.